The molecule has 0 heterocycles. The molecule has 0 radical (unpaired) electrons. The Bertz CT molecular complexity index is 1220. The lowest BCUT2D eigenvalue weighted by atomic mass is 10.0. The predicted octanol–water partition coefficient (Wildman–Crippen LogP) is 13.6. The molecule has 0 rings (SSSR count). The van der Waals surface area contributed by atoms with Crippen LogP contribution in [0.3, 0.4) is 0 Å². The van der Waals surface area contributed by atoms with Crippen LogP contribution in [0.2, 0.25) is 0 Å². The molecule has 3 unspecified atom stereocenters. The number of esters is 1. The first-order valence-electron chi connectivity index (χ1n) is 23.2. The quantitative estimate of drug-likeness (QED) is 0.0249. The maximum atomic E-state index is 13.1. The van der Waals surface area contributed by atoms with Crippen molar-refractivity contribution < 1.29 is 24.5 Å². The molecule has 1 amide bonds. The van der Waals surface area contributed by atoms with E-state index in [1.165, 1.54) is 44.9 Å². The molecule has 0 saturated heterocycles. The second-order valence-corrected chi connectivity index (χ2v) is 15.1. The summed E-state index contributed by atoms with van der Waals surface area (Å²) < 4.78 is 5.84. The molecule has 0 aliphatic carbocycles. The van der Waals surface area contributed by atoms with Crippen LogP contribution < -0.4 is 5.32 Å². The van der Waals surface area contributed by atoms with Crippen LogP contribution in [0, 0.1) is 0 Å². The Balaban J connectivity index is 4.82. The standard InChI is InChI=1S/C52H85NO5/c1-4-7-10-13-16-19-22-24-25-26-28-30-33-36-39-42-45-52(57)58-48(43-40-37-34-31-29-27-23-20-17-14-11-8-5-2)46-51(56)53-49(47-54)50(55)44-41-38-35-32-21-18-15-12-9-6-3/h7-8,10-11,14,16-17,19-20,23-25,27-30,36,39,48-50,54-55H,4-6,9,12-13,15,18,21-22,26,31-35,37-38,40-47H2,1-3H3,(H,53,56)/b10-7+,11-8+,17-14+,19-16+,23-20+,25-24+,29-27-,30-28+,39-36+. The summed E-state index contributed by atoms with van der Waals surface area (Å²) in [4.78, 5) is 26.0. The molecule has 0 saturated carbocycles. The maximum absolute atomic E-state index is 13.1. The zero-order valence-corrected chi connectivity index (χ0v) is 37.1. The lowest BCUT2D eigenvalue weighted by molar-refractivity contribution is -0.150. The highest BCUT2D eigenvalue weighted by molar-refractivity contribution is 5.77. The first kappa shape index (κ1) is 54.5. The highest BCUT2D eigenvalue weighted by Gasteiger charge is 2.23. The molecule has 0 fully saturated rings. The van der Waals surface area contributed by atoms with Crippen molar-refractivity contribution in [3.63, 3.8) is 0 Å². The lowest BCUT2D eigenvalue weighted by Gasteiger charge is -2.24. The third kappa shape index (κ3) is 39.4. The summed E-state index contributed by atoms with van der Waals surface area (Å²) in [7, 11) is 0. The molecule has 6 heteroatoms. The number of carbonyl (C=O) groups excluding carboxylic acids is 2. The van der Waals surface area contributed by atoms with E-state index in [9.17, 15) is 19.8 Å². The van der Waals surface area contributed by atoms with Gasteiger partial charge in [-0.3, -0.25) is 9.59 Å². The van der Waals surface area contributed by atoms with Crippen LogP contribution in [-0.2, 0) is 14.3 Å². The third-order valence-electron chi connectivity index (χ3n) is 9.71. The smallest absolute Gasteiger partial charge is 0.306 e. The molecule has 58 heavy (non-hydrogen) atoms. The van der Waals surface area contributed by atoms with E-state index >= 15 is 0 Å². The van der Waals surface area contributed by atoms with Gasteiger partial charge in [-0.15, -0.1) is 0 Å². The fourth-order valence-electron chi connectivity index (χ4n) is 6.25. The summed E-state index contributed by atoms with van der Waals surface area (Å²) in [5.74, 6) is -0.627. The number of nitrogens with one attached hydrogen (secondary N) is 1. The molecule has 0 aliphatic rings. The van der Waals surface area contributed by atoms with Crippen molar-refractivity contribution in [2.24, 2.45) is 0 Å². The number of unbranched alkanes of at least 4 members (excludes halogenated alkanes) is 12. The second-order valence-electron chi connectivity index (χ2n) is 15.1. The predicted molar refractivity (Wildman–Crippen MR) is 250 cm³/mol. The molecule has 0 aromatic carbocycles. The molecule has 6 nitrogen and oxygen atoms in total. The average Bonchev–Trinajstić information content (AvgIpc) is 3.22. The van der Waals surface area contributed by atoms with Gasteiger partial charge in [-0.25, -0.2) is 0 Å². The SMILES string of the molecule is CC/C=C/C=C/C=C/C=C\CCCCCC(CC(=O)NC(CO)C(O)CCCCCCCCCCCC)OC(=O)CC/C=C/C/C=C/C/C=C/C/C=C/C/C=C/CC. The van der Waals surface area contributed by atoms with Crippen molar-refractivity contribution in [1.82, 2.24) is 5.32 Å². The monoisotopic (exact) mass is 804 g/mol. The summed E-state index contributed by atoms with van der Waals surface area (Å²) >= 11 is 0. The Labute approximate surface area is 356 Å². The van der Waals surface area contributed by atoms with Gasteiger partial charge >= 0.3 is 5.97 Å². The minimum Gasteiger partial charge on any atom is -0.462 e. The highest BCUT2D eigenvalue weighted by atomic mass is 16.5. The fourth-order valence-corrected chi connectivity index (χ4v) is 6.25. The number of ether oxygens (including phenoxy) is 1. The van der Waals surface area contributed by atoms with Gasteiger partial charge in [0.25, 0.3) is 0 Å². The zero-order valence-electron chi connectivity index (χ0n) is 37.1. The second kappa shape index (κ2) is 44.6. The van der Waals surface area contributed by atoms with Gasteiger partial charge in [0.1, 0.15) is 6.10 Å². The van der Waals surface area contributed by atoms with Gasteiger partial charge < -0.3 is 20.3 Å². The van der Waals surface area contributed by atoms with E-state index in [1.54, 1.807) is 0 Å². The number of aliphatic hydroxyl groups excluding tert-OH is 2. The Morgan fingerprint density at radius 1 is 0.534 bits per heavy atom. The number of amides is 1. The lowest BCUT2D eigenvalue weighted by Crippen LogP contribution is -2.46. The van der Waals surface area contributed by atoms with E-state index in [0.29, 0.717) is 19.3 Å². The van der Waals surface area contributed by atoms with Crippen LogP contribution in [0.15, 0.2) is 109 Å². The van der Waals surface area contributed by atoms with Crippen LogP contribution >= 0.6 is 0 Å². The van der Waals surface area contributed by atoms with E-state index < -0.39 is 18.2 Å². The first-order valence-corrected chi connectivity index (χ1v) is 23.2. The minimum absolute atomic E-state index is 0.0144. The van der Waals surface area contributed by atoms with Crippen LogP contribution in [0.1, 0.15) is 181 Å². The summed E-state index contributed by atoms with van der Waals surface area (Å²) in [6.07, 6.45) is 60.1. The number of aliphatic hydroxyl groups is 2. The van der Waals surface area contributed by atoms with Crippen LogP contribution in [0.25, 0.3) is 0 Å². The van der Waals surface area contributed by atoms with Crippen LogP contribution in [0.4, 0.5) is 0 Å². The number of hydrogen-bond donors (Lipinski definition) is 3. The van der Waals surface area contributed by atoms with Gasteiger partial charge in [-0.05, 0) is 77.0 Å². The molecule has 3 atom stereocenters. The van der Waals surface area contributed by atoms with Crippen LogP contribution in [0.5, 0.6) is 0 Å². The van der Waals surface area contributed by atoms with E-state index in [2.05, 4.69) is 99.0 Å². The summed E-state index contributed by atoms with van der Waals surface area (Å²) in [5.41, 5.74) is 0. The van der Waals surface area contributed by atoms with Crippen molar-refractivity contribution in [3.8, 4) is 0 Å². The van der Waals surface area contributed by atoms with E-state index in [0.717, 1.165) is 83.5 Å². The molecule has 3 N–H and O–H groups in total. The van der Waals surface area contributed by atoms with Gasteiger partial charge in [0.05, 0.1) is 25.2 Å². The summed E-state index contributed by atoms with van der Waals surface area (Å²) in [5, 5.41) is 23.6. The molecular formula is C52H85NO5. The molecule has 328 valence electrons. The minimum atomic E-state index is -0.815. The molecule has 0 aromatic rings. The molecule has 0 bridgehead atoms. The van der Waals surface area contributed by atoms with Gasteiger partial charge in [0.2, 0.25) is 5.91 Å². The fraction of sp³-hybridized carbons (Fsp3) is 0.615. The molecular weight excluding hydrogens is 719 g/mol. The van der Waals surface area contributed by atoms with Gasteiger partial charge in [-0.1, -0.05) is 201 Å². The van der Waals surface area contributed by atoms with Gasteiger partial charge in [0.15, 0.2) is 0 Å². The highest BCUT2D eigenvalue weighted by Crippen LogP contribution is 2.16. The third-order valence-corrected chi connectivity index (χ3v) is 9.71. The Hall–Kier alpha value is -3.48. The molecule has 0 aliphatic heterocycles. The van der Waals surface area contributed by atoms with Gasteiger partial charge in [0, 0.05) is 6.42 Å². The Morgan fingerprint density at radius 3 is 1.59 bits per heavy atom. The van der Waals surface area contributed by atoms with Crippen molar-refractivity contribution in [3.05, 3.63) is 109 Å². The summed E-state index contributed by atoms with van der Waals surface area (Å²) in [6.45, 7) is 6.16. The molecule has 0 aromatic heterocycles. The van der Waals surface area contributed by atoms with E-state index in [-0.39, 0.29) is 31.3 Å². The number of rotatable bonds is 39. The normalized spacial score (nSPS) is 14.4. The van der Waals surface area contributed by atoms with E-state index in [4.69, 9.17) is 4.74 Å². The number of carbonyl (C=O) groups is 2. The Morgan fingerprint density at radius 2 is 1.02 bits per heavy atom. The number of allylic oxidation sites excluding steroid dienone is 18. The van der Waals surface area contributed by atoms with Crippen molar-refractivity contribution >= 4 is 11.9 Å². The largest absolute Gasteiger partial charge is 0.462 e. The molecule has 0 spiro atoms. The average molecular weight is 804 g/mol. The van der Waals surface area contributed by atoms with Crippen LogP contribution in [-0.4, -0.2) is 46.9 Å². The topological polar surface area (TPSA) is 95.9 Å². The van der Waals surface area contributed by atoms with Crippen molar-refractivity contribution in [1.29, 1.82) is 0 Å². The van der Waals surface area contributed by atoms with Crippen molar-refractivity contribution in [2.45, 2.75) is 200 Å². The maximum Gasteiger partial charge on any atom is 0.306 e. The number of hydrogen-bond acceptors (Lipinski definition) is 5. The Kier molecular flexibility index (Phi) is 41.9. The summed E-state index contributed by atoms with van der Waals surface area (Å²) in [6, 6.07) is -0.734. The van der Waals surface area contributed by atoms with E-state index in [1.807, 2.05) is 36.5 Å². The van der Waals surface area contributed by atoms with Gasteiger partial charge in [-0.2, -0.15) is 0 Å². The first-order chi connectivity index (χ1) is 28.5. The van der Waals surface area contributed by atoms with Crippen molar-refractivity contribution in [2.75, 3.05) is 6.61 Å². The zero-order chi connectivity index (χ0) is 42.4.